The van der Waals surface area contributed by atoms with Crippen LogP contribution in [0.3, 0.4) is 0 Å². The average Bonchev–Trinajstić information content (AvgIpc) is 4.02. The zero-order valence-electron chi connectivity index (χ0n) is 41.6. The van der Waals surface area contributed by atoms with Gasteiger partial charge in [-0.15, -0.1) is 45.3 Å². The minimum absolute atomic E-state index is 0.103. The van der Waals surface area contributed by atoms with Gasteiger partial charge in [0.05, 0.1) is 25.6 Å². The van der Waals surface area contributed by atoms with Gasteiger partial charge in [0, 0.05) is 73.7 Å². The Morgan fingerprint density at radius 2 is 0.692 bits per heavy atom. The van der Waals surface area contributed by atoms with Crippen molar-refractivity contribution < 1.29 is 62.2 Å². The Labute approximate surface area is 455 Å². The predicted octanol–water partition coefficient (Wildman–Crippen LogP) is 19.0. The van der Waals surface area contributed by atoms with E-state index in [2.05, 4.69) is 9.97 Å². The number of aryl methyl sites for hydroxylation is 4. The van der Waals surface area contributed by atoms with Crippen molar-refractivity contribution in [2.24, 2.45) is 0 Å². The molecule has 0 aliphatic heterocycles. The number of halogens is 12. The molecule has 0 saturated carbocycles. The highest BCUT2D eigenvalue weighted by Gasteiger charge is 2.81. The van der Waals surface area contributed by atoms with Crippen LogP contribution in [0.5, 0.6) is 11.5 Å². The van der Waals surface area contributed by atoms with Crippen molar-refractivity contribution in [1.29, 1.82) is 0 Å². The lowest BCUT2D eigenvalue weighted by atomic mass is 9.94. The van der Waals surface area contributed by atoms with Gasteiger partial charge in [-0.2, -0.15) is 52.7 Å². The minimum atomic E-state index is -5.75. The lowest BCUT2D eigenvalue weighted by Crippen LogP contribution is -2.48. The van der Waals surface area contributed by atoms with Gasteiger partial charge in [-0.1, -0.05) is 12.2 Å². The van der Waals surface area contributed by atoms with E-state index >= 15 is 52.7 Å². The van der Waals surface area contributed by atoms with Crippen LogP contribution in [0.15, 0.2) is 109 Å². The van der Waals surface area contributed by atoms with Crippen molar-refractivity contribution in [2.75, 3.05) is 14.2 Å². The Balaban J connectivity index is 0.923. The van der Waals surface area contributed by atoms with E-state index in [0.717, 1.165) is 45.3 Å². The third kappa shape index (κ3) is 8.82. The maximum atomic E-state index is 15.9. The third-order valence-electron chi connectivity index (χ3n) is 13.6. The van der Waals surface area contributed by atoms with Crippen molar-refractivity contribution in [1.82, 2.24) is 9.97 Å². The van der Waals surface area contributed by atoms with Crippen LogP contribution in [0, 0.1) is 27.7 Å². The summed E-state index contributed by atoms with van der Waals surface area (Å²) in [6.07, 6.45) is 9.17. The highest BCUT2D eigenvalue weighted by Crippen LogP contribution is 2.68. The summed E-state index contributed by atoms with van der Waals surface area (Å²) in [7, 11) is 2.92. The molecule has 2 aromatic carbocycles. The van der Waals surface area contributed by atoms with Crippen LogP contribution < -0.4 is 9.47 Å². The van der Waals surface area contributed by atoms with Gasteiger partial charge < -0.3 is 9.47 Å². The second-order valence-electron chi connectivity index (χ2n) is 18.4. The molecular weight excluding hydrogens is 1110 g/mol. The SMILES string of the molecule is COc1ccc(-c2cc(C3=C(c4cc(/C=C/c5ccnc(-c6cc(/C=C/c7cc(C8=C(c9cc(-c%10ccc(OC)cc%10)sc9C)C(F)(F)C(F)(F)C8(F)F)c(C)s7)ccn6)c5)sc4C)C(F)(F)C(F)(F)C3(F)F)c(C)s2)cc1. The summed E-state index contributed by atoms with van der Waals surface area (Å²) < 4.78 is 199. The molecule has 20 heteroatoms. The van der Waals surface area contributed by atoms with Crippen LogP contribution in [0.4, 0.5) is 52.7 Å². The number of thiophene rings is 4. The topological polar surface area (TPSA) is 44.2 Å². The van der Waals surface area contributed by atoms with Crippen LogP contribution in [0.2, 0.25) is 0 Å². The monoisotopic (exact) mass is 1150 g/mol. The maximum Gasteiger partial charge on any atom is 0.380 e. The number of allylic oxidation sites excluding steroid dienone is 4. The molecule has 0 amide bonds. The molecule has 6 heterocycles. The van der Waals surface area contributed by atoms with Gasteiger partial charge >= 0.3 is 35.5 Å². The van der Waals surface area contributed by atoms with Gasteiger partial charge in [-0.25, -0.2) is 0 Å². The van der Waals surface area contributed by atoms with Crippen molar-refractivity contribution in [3.63, 3.8) is 0 Å². The molecule has 4 nitrogen and oxygen atoms in total. The predicted molar refractivity (Wildman–Crippen MR) is 289 cm³/mol. The number of hydrogen-bond acceptors (Lipinski definition) is 8. The average molecular weight is 1150 g/mol. The van der Waals surface area contributed by atoms with Gasteiger partial charge in [0.15, 0.2) is 0 Å². The normalized spacial score (nSPS) is 18.0. The Bertz CT molecular complexity index is 3540. The molecule has 8 aromatic rings. The Morgan fingerprint density at radius 3 is 1.01 bits per heavy atom. The molecule has 0 radical (unpaired) electrons. The zero-order chi connectivity index (χ0) is 56.1. The van der Waals surface area contributed by atoms with Crippen LogP contribution in [-0.2, 0) is 0 Å². The summed E-state index contributed by atoms with van der Waals surface area (Å²) in [5, 5.41) is 0. The molecule has 0 saturated heterocycles. The smallest absolute Gasteiger partial charge is 0.380 e. The number of pyridine rings is 2. The lowest BCUT2D eigenvalue weighted by molar-refractivity contribution is -0.254. The molecule has 2 aliphatic carbocycles. The van der Waals surface area contributed by atoms with Gasteiger partial charge in [0.1, 0.15) is 11.5 Å². The van der Waals surface area contributed by atoms with Crippen LogP contribution in [-0.4, -0.2) is 59.7 Å². The van der Waals surface area contributed by atoms with E-state index in [1.165, 1.54) is 90.7 Å². The quantitative estimate of drug-likeness (QED) is 0.108. The molecule has 6 aromatic heterocycles. The summed E-state index contributed by atoms with van der Waals surface area (Å²) in [5.41, 5.74) is -4.61. The van der Waals surface area contributed by atoms with Crippen molar-refractivity contribution in [3.8, 4) is 43.8 Å². The molecule has 2 aliphatic rings. The van der Waals surface area contributed by atoms with E-state index in [0.29, 0.717) is 64.6 Å². The molecular formula is C58H40F12N2O2S4. The zero-order valence-corrected chi connectivity index (χ0v) is 44.8. The molecule has 10 rings (SSSR count). The number of alkyl halides is 12. The van der Waals surface area contributed by atoms with E-state index in [1.54, 1.807) is 84.9 Å². The standard InChI is InChI=1S/C58H40F12N2O2S4/c1-29-41(49-51(55(63,64)57(67,68)53(49,59)60)43-27-47(77-31(43)3)35-9-13-37(73-5)14-10-35)25-39(75-29)17-7-33-19-21-71-45(23-33)46-24-34(20-22-72-46)8-18-40-26-42(30(2)76-40)50-52(56(65,66)58(69,70)54(50,61)62)44-28-48(78-32(44)4)36-11-15-38(74-6)16-12-36/h7-28H,1-6H3/b17-7+,18-8+. The van der Waals surface area contributed by atoms with Gasteiger partial charge in [0.25, 0.3) is 0 Å². The summed E-state index contributed by atoms with van der Waals surface area (Å²) >= 11 is 3.91. The van der Waals surface area contributed by atoms with Crippen LogP contribution >= 0.6 is 45.3 Å². The number of aromatic nitrogens is 2. The number of nitrogens with zero attached hydrogens (tertiary/aromatic N) is 2. The Hall–Kier alpha value is -6.74. The lowest BCUT2D eigenvalue weighted by Gasteiger charge is -2.25. The maximum absolute atomic E-state index is 15.9. The van der Waals surface area contributed by atoms with Crippen molar-refractivity contribution >= 4 is 91.9 Å². The highest BCUT2D eigenvalue weighted by atomic mass is 32.1. The summed E-state index contributed by atoms with van der Waals surface area (Å²) in [4.78, 5) is 10.7. The Morgan fingerprint density at radius 1 is 0.385 bits per heavy atom. The first-order valence-electron chi connectivity index (χ1n) is 23.5. The molecule has 402 valence electrons. The summed E-state index contributed by atoms with van der Waals surface area (Å²) in [6.45, 7) is 5.61. The van der Waals surface area contributed by atoms with E-state index in [1.807, 2.05) is 0 Å². The summed E-state index contributed by atoms with van der Waals surface area (Å²) in [6, 6.07) is 24.4. The summed E-state index contributed by atoms with van der Waals surface area (Å²) in [5.74, 6) is -31.4. The number of hydrogen-bond donors (Lipinski definition) is 0. The molecule has 78 heavy (non-hydrogen) atoms. The molecule has 0 fully saturated rings. The number of benzene rings is 2. The molecule has 0 spiro atoms. The van der Waals surface area contributed by atoms with Gasteiger partial charge in [-0.05, 0) is 181 Å². The highest BCUT2D eigenvalue weighted by molar-refractivity contribution is 7.16. The second-order valence-corrected chi connectivity index (χ2v) is 23.5. The van der Waals surface area contributed by atoms with Crippen molar-refractivity contribution in [2.45, 2.75) is 63.2 Å². The number of rotatable bonds is 13. The third-order valence-corrected chi connectivity index (χ3v) is 17.8. The van der Waals surface area contributed by atoms with Crippen LogP contribution in [0.1, 0.15) is 62.6 Å². The van der Waals surface area contributed by atoms with Crippen molar-refractivity contribution in [3.05, 3.63) is 172 Å². The first-order valence-corrected chi connectivity index (χ1v) is 26.8. The molecule has 0 bridgehead atoms. The van der Waals surface area contributed by atoms with E-state index in [-0.39, 0.29) is 19.5 Å². The van der Waals surface area contributed by atoms with E-state index in [4.69, 9.17) is 9.47 Å². The first kappa shape index (κ1) is 54.6. The molecule has 0 N–H and O–H groups in total. The fourth-order valence-electron chi connectivity index (χ4n) is 9.53. The van der Waals surface area contributed by atoms with Gasteiger partial charge in [-0.3, -0.25) is 9.97 Å². The van der Waals surface area contributed by atoms with Gasteiger partial charge in [0.2, 0.25) is 0 Å². The Kier molecular flexibility index (Phi) is 13.7. The fourth-order valence-corrected chi connectivity index (χ4v) is 13.5. The largest absolute Gasteiger partial charge is 0.497 e. The van der Waals surface area contributed by atoms with Crippen LogP contribution in [0.25, 0.3) is 78.9 Å². The first-order chi connectivity index (χ1) is 36.7. The second kappa shape index (κ2) is 19.6. The fraction of sp³-hybridized carbons (Fsp3) is 0.207. The van der Waals surface area contributed by atoms with E-state index < -0.39 is 80.1 Å². The molecule has 0 atom stereocenters. The number of ether oxygens (including phenoxy) is 2. The van der Waals surface area contributed by atoms with E-state index in [9.17, 15) is 0 Å². The number of methoxy groups -OCH3 is 2. The molecule has 0 unspecified atom stereocenters. The minimum Gasteiger partial charge on any atom is -0.497 e.